The van der Waals surface area contributed by atoms with Crippen molar-refractivity contribution >= 4 is 45.7 Å². The lowest BCUT2D eigenvalue weighted by atomic mass is 10.1. The summed E-state index contributed by atoms with van der Waals surface area (Å²) in [5.74, 6) is 1.88. The van der Waals surface area contributed by atoms with Crippen molar-refractivity contribution in [3.63, 3.8) is 0 Å². The molecule has 1 N–H and O–H groups in total. The molecule has 0 aliphatic carbocycles. The van der Waals surface area contributed by atoms with E-state index in [-0.39, 0.29) is 11.7 Å². The molecule has 0 radical (unpaired) electrons. The fourth-order valence-corrected chi connectivity index (χ4v) is 4.48. The first-order valence-electron chi connectivity index (χ1n) is 10.7. The normalized spacial score (nSPS) is 11.0. The number of thioether (sulfide) groups is 1. The second-order valence-corrected chi connectivity index (χ2v) is 9.06. The maximum absolute atomic E-state index is 12.5. The zero-order chi connectivity index (χ0) is 23.2. The number of anilines is 1. The summed E-state index contributed by atoms with van der Waals surface area (Å²) in [5, 5.41) is 15.1. The lowest BCUT2D eigenvalue weighted by Crippen LogP contribution is -2.14. The van der Waals surface area contributed by atoms with Crippen molar-refractivity contribution in [2.75, 3.05) is 17.7 Å². The maximum atomic E-state index is 12.5. The van der Waals surface area contributed by atoms with Gasteiger partial charge in [-0.1, -0.05) is 59.8 Å². The van der Waals surface area contributed by atoms with E-state index in [9.17, 15) is 4.79 Å². The van der Waals surface area contributed by atoms with E-state index in [0.717, 1.165) is 46.4 Å². The van der Waals surface area contributed by atoms with Gasteiger partial charge in [0.05, 0.1) is 12.4 Å². The molecular formula is C25H25ClN4O2S. The number of carbonyl (C=O) groups excluding carboxylic acids is 1. The van der Waals surface area contributed by atoms with Crippen molar-refractivity contribution in [1.82, 2.24) is 14.8 Å². The highest BCUT2D eigenvalue weighted by Crippen LogP contribution is 2.24. The molecule has 33 heavy (non-hydrogen) atoms. The quantitative estimate of drug-likeness (QED) is 0.247. The number of benzene rings is 3. The zero-order valence-electron chi connectivity index (χ0n) is 18.5. The molecule has 0 aliphatic rings. The van der Waals surface area contributed by atoms with Crippen LogP contribution in [0.25, 0.3) is 10.8 Å². The van der Waals surface area contributed by atoms with Crippen LogP contribution in [0.4, 0.5) is 5.69 Å². The monoisotopic (exact) mass is 480 g/mol. The number of nitrogens with one attached hydrogen (secondary N) is 1. The van der Waals surface area contributed by atoms with E-state index in [0.29, 0.717) is 16.8 Å². The number of aromatic nitrogens is 3. The van der Waals surface area contributed by atoms with Crippen molar-refractivity contribution in [1.29, 1.82) is 0 Å². The summed E-state index contributed by atoms with van der Waals surface area (Å²) in [6.45, 7) is 2.55. The Morgan fingerprint density at radius 3 is 2.79 bits per heavy atom. The van der Waals surface area contributed by atoms with Crippen molar-refractivity contribution in [3.8, 4) is 5.75 Å². The molecule has 8 heteroatoms. The number of halogens is 1. The number of hydrogen-bond donors (Lipinski definition) is 1. The minimum atomic E-state index is -0.0763. The van der Waals surface area contributed by atoms with Crippen molar-refractivity contribution in [2.45, 2.75) is 24.9 Å². The van der Waals surface area contributed by atoms with Crippen LogP contribution in [0.2, 0.25) is 5.02 Å². The van der Waals surface area contributed by atoms with Crippen LogP contribution in [0, 0.1) is 6.92 Å². The largest absolute Gasteiger partial charge is 0.493 e. The Hall–Kier alpha value is -3.03. The summed E-state index contributed by atoms with van der Waals surface area (Å²) in [4.78, 5) is 12.5. The number of rotatable bonds is 9. The van der Waals surface area contributed by atoms with E-state index >= 15 is 0 Å². The summed E-state index contributed by atoms with van der Waals surface area (Å²) < 4.78 is 7.79. The van der Waals surface area contributed by atoms with Crippen LogP contribution < -0.4 is 10.1 Å². The van der Waals surface area contributed by atoms with Crippen LogP contribution in [0.15, 0.2) is 65.8 Å². The van der Waals surface area contributed by atoms with Crippen LogP contribution in [0.3, 0.4) is 0 Å². The van der Waals surface area contributed by atoms with Gasteiger partial charge in [-0.3, -0.25) is 4.79 Å². The Morgan fingerprint density at radius 1 is 1.12 bits per heavy atom. The second-order valence-electron chi connectivity index (χ2n) is 7.68. The average Bonchev–Trinajstić information content (AvgIpc) is 3.16. The van der Waals surface area contributed by atoms with Gasteiger partial charge in [-0.2, -0.15) is 0 Å². The molecule has 0 fully saturated rings. The number of amides is 1. The number of hydrogen-bond acceptors (Lipinski definition) is 5. The first-order valence-corrected chi connectivity index (χ1v) is 12.1. The summed E-state index contributed by atoms with van der Waals surface area (Å²) in [6.07, 6.45) is 1.54. The van der Waals surface area contributed by atoms with Gasteiger partial charge in [0.25, 0.3) is 0 Å². The van der Waals surface area contributed by atoms with Gasteiger partial charge < -0.3 is 14.6 Å². The maximum Gasteiger partial charge on any atom is 0.234 e. The highest BCUT2D eigenvalue weighted by atomic mass is 35.5. The fraction of sp³-hybridized carbons (Fsp3) is 0.240. The summed E-state index contributed by atoms with van der Waals surface area (Å²) in [5.41, 5.74) is 1.83. The number of carbonyl (C=O) groups is 1. The van der Waals surface area contributed by atoms with E-state index in [2.05, 4.69) is 15.5 Å². The molecule has 3 aromatic carbocycles. The summed E-state index contributed by atoms with van der Waals surface area (Å²) >= 11 is 7.36. The Labute approximate surface area is 202 Å². The molecule has 0 atom stereocenters. The van der Waals surface area contributed by atoms with Gasteiger partial charge in [0.2, 0.25) is 5.91 Å². The van der Waals surface area contributed by atoms with Gasteiger partial charge in [-0.15, -0.1) is 10.2 Å². The Kier molecular flexibility index (Phi) is 7.52. The predicted molar refractivity (Wildman–Crippen MR) is 134 cm³/mol. The molecular weight excluding hydrogens is 456 g/mol. The average molecular weight is 481 g/mol. The van der Waals surface area contributed by atoms with Gasteiger partial charge in [0.1, 0.15) is 11.6 Å². The molecule has 4 rings (SSSR count). The smallest absolute Gasteiger partial charge is 0.234 e. The molecule has 1 aromatic heterocycles. The Bertz CT molecular complexity index is 1270. The van der Waals surface area contributed by atoms with Gasteiger partial charge >= 0.3 is 0 Å². The highest BCUT2D eigenvalue weighted by molar-refractivity contribution is 7.99. The van der Waals surface area contributed by atoms with Crippen molar-refractivity contribution < 1.29 is 9.53 Å². The molecule has 4 aromatic rings. The lowest BCUT2D eigenvalue weighted by molar-refractivity contribution is -0.113. The van der Waals surface area contributed by atoms with Gasteiger partial charge in [-0.05, 0) is 48.6 Å². The number of aryl methyl sites for hydroxylation is 2. The van der Waals surface area contributed by atoms with Gasteiger partial charge in [-0.25, -0.2) is 0 Å². The van der Waals surface area contributed by atoms with Gasteiger partial charge in [0, 0.05) is 29.6 Å². The molecule has 0 aliphatic heterocycles. The van der Waals surface area contributed by atoms with E-state index in [1.807, 2.05) is 79.2 Å². The molecule has 0 saturated heterocycles. The minimum absolute atomic E-state index is 0.0763. The molecule has 0 unspecified atom stereocenters. The lowest BCUT2D eigenvalue weighted by Gasteiger charge is -2.09. The molecule has 1 heterocycles. The van der Waals surface area contributed by atoms with Crippen molar-refractivity contribution in [2.24, 2.45) is 7.05 Å². The summed E-state index contributed by atoms with van der Waals surface area (Å²) in [7, 11) is 1.92. The van der Waals surface area contributed by atoms with E-state index in [1.165, 1.54) is 11.8 Å². The van der Waals surface area contributed by atoms with Crippen LogP contribution in [-0.4, -0.2) is 33.0 Å². The first kappa shape index (κ1) is 23.1. The van der Waals surface area contributed by atoms with Crippen LogP contribution in [0.5, 0.6) is 5.75 Å². The van der Waals surface area contributed by atoms with E-state index < -0.39 is 0 Å². The first-order chi connectivity index (χ1) is 16.0. The van der Waals surface area contributed by atoms with Gasteiger partial charge in [0.15, 0.2) is 5.16 Å². The minimum Gasteiger partial charge on any atom is -0.493 e. The Balaban J connectivity index is 1.26. The third-order valence-corrected chi connectivity index (χ3v) is 6.52. The number of nitrogens with zero attached hydrogens (tertiary/aromatic N) is 3. The highest BCUT2D eigenvalue weighted by Gasteiger charge is 2.12. The summed E-state index contributed by atoms with van der Waals surface area (Å²) in [6, 6.07) is 19.5. The topological polar surface area (TPSA) is 69.0 Å². The van der Waals surface area contributed by atoms with E-state index in [4.69, 9.17) is 16.3 Å². The zero-order valence-corrected chi connectivity index (χ0v) is 20.1. The fourth-order valence-electron chi connectivity index (χ4n) is 3.53. The Morgan fingerprint density at radius 2 is 1.94 bits per heavy atom. The molecule has 1 amide bonds. The van der Waals surface area contributed by atoms with Crippen molar-refractivity contribution in [3.05, 3.63) is 77.1 Å². The predicted octanol–water partition coefficient (Wildman–Crippen LogP) is 5.67. The van der Waals surface area contributed by atoms with Crippen LogP contribution in [0.1, 0.15) is 17.8 Å². The van der Waals surface area contributed by atoms with Crippen LogP contribution >= 0.6 is 23.4 Å². The second kappa shape index (κ2) is 10.7. The molecule has 0 saturated carbocycles. The standard InChI is InChI=1S/C25H25ClN4O2S/c1-17-15-19(26)12-13-22(17)32-14-6-11-23-28-29-25(30(23)2)33-16-24(31)27-21-10-5-8-18-7-3-4-9-20(18)21/h3-5,7-10,12-13,15H,6,11,14,16H2,1-2H3,(H,27,31). The third kappa shape index (κ3) is 5.86. The van der Waals surface area contributed by atoms with E-state index in [1.54, 1.807) is 0 Å². The number of ether oxygens (including phenoxy) is 1. The number of fused-ring (bicyclic) bond motifs is 1. The molecule has 0 spiro atoms. The molecule has 170 valence electrons. The third-order valence-electron chi connectivity index (χ3n) is 5.26. The molecule has 6 nitrogen and oxygen atoms in total. The van der Waals surface area contributed by atoms with Crippen LogP contribution in [-0.2, 0) is 18.3 Å². The molecule has 0 bridgehead atoms. The SMILES string of the molecule is Cc1cc(Cl)ccc1OCCCc1nnc(SCC(=O)Nc2cccc3ccccc23)n1C.